The van der Waals surface area contributed by atoms with E-state index in [1.807, 2.05) is 31.2 Å². The Morgan fingerprint density at radius 1 is 1.50 bits per heavy atom. The van der Waals surface area contributed by atoms with Crippen molar-refractivity contribution in [1.82, 2.24) is 0 Å². The van der Waals surface area contributed by atoms with E-state index in [0.717, 1.165) is 10.6 Å². The number of hydrogen-bond acceptors (Lipinski definition) is 1. The molecule has 0 amide bonds. The maximum Gasteiger partial charge on any atom is 0.120 e. The van der Waals surface area contributed by atoms with Gasteiger partial charge in [-0.05, 0) is 25.1 Å². The summed E-state index contributed by atoms with van der Waals surface area (Å²) in [5.41, 5.74) is 0. The second-order valence-corrected chi connectivity index (χ2v) is 2.38. The van der Waals surface area contributed by atoms with Crippen LogP contribution in [0, 0.1) is 0 Å². The number of hydrogen-bond donors (Lipinski definition) is 0. The quantitative estimate of drug-likeness (QED) is 0.634. The van der Waals surface area contributed by atoms with Crippen LogP contribution >= 0.6 is 12.6 Å². The lowest BCUT2D eigenvalue weighted by Crippen LogP contribution is -1.90. The molecule has 10 heavy (non-hydrogen) atoms. The van der Waals surface area contributed by atoms with E-state index in [4.69, 9.17) is 17.4 Å². The summed E-state index contributed by atoms with van der Waals surface area (Å²) in [6.07, 6.45) is 0. The van der Waals surface area contributed by atoms with Gasteiger partial charge in [-0.15, -0.1) is 0 Å². The molecule has 0 heterocycles. The highest BCUT2D eigenvalue weighted by Crippen LogP contribution is 2.15. The molecule has 53 valence electrons. The summed E-state index contributed by atoms with van der Waals surface area (Å²) in [6, 6.07) is 7.52. The second kappa shape index (κ2) is 3.42. The van der Waals surface area contributed by atoms with Crippen molar-refractivity contribution in [3.63, 3.8) is 0 Å². The first kappa shape index (κ1) is 7.35. The average Bonchev–Trinajstić information content (AvgIpc) is 1.88. The fourth-order valence-corrected chi connectivity index (χ4v) is 0.925. The molecule has 1 aromatic rings. The first-order valence-corrected chi connectivity index (χ1v) is 3.63. The van der Waals surface area contributed by atoms with Crippen LogP contribution in [0.1, 0.15) is 6.92 Å². The zero-order valence-electron chi connectivity index (χ0n) is 5.83. The molecule has 0 unspecified atom stereocenters. The van der Waals surface area contributed by atoms with E-state index in [9.17, 15) is 0 Å². The van der Waals surface area contributed by atoms with Gasteiger partial charge in [0.1, 0.15) is 5.75 Å². The van der Waals surface area contributed by atoms with Crippen molar-refractivity contribution < 1.29 is 4.74 Å². The van der Waals surface area contributed by atoms with Crippen LogP contribution in [0.15, 0.2) is 29.2 Å². The summed E-state index contributed by atoms with van der Waals surface area (Å²) in [6.45, 7) is 2.65. The SMILES string of the molecule is CCOc1cccc([S])c1. The third-order valence-electron chi connectivity index (χ3n) is 1.12. The van der Waals surface area contributed by atoms with E-state index >= 15 is 0 Å². The van der Waals surface area contributed by atoms with Crippen LogP contribution in [0.3, 0.4) is 0 Å². The topological polar surface area (TPSA) is 9.23 Å². The molecule has 1 rings (SSSR count). The molecule has 0 aliphatic rings. The highest BCUT2D eigenvalue weighted by Gasteiger charge is 1.90. The van der Waals surface area contributed by atoms with Gasteiger partial charge in [-0.25, -0.2) is 0 Å². The standard InChI is InChI=1S/C8H9OS/c1-2-9-7-4-3-5-8(10)6-7/h3-6H,2H2,1H3. The molecular weight excluding hydrogens is 144 g/mol. The van der Waals surface area contributed by atoms with Crippen LogP contribution in [-0.2, 0) is 0 Å². The predicted molar refractivity (Wildman–Crippen MR) is 43.5 cm³/mol. The molecule has 0 aromatic heterocycles. The van der Waals surface area contributed by atoms with Crippen molar-refractivity contribution in [3.05, 3.63) is 24.3 Å². The van der Waals surface area contributed by atoms with Gasteiger partial charge in [0, 0.05) is 4.90 Å². The van der Waals surface area contributed by atoms with Crippen molar-refractivity contribution in [2.75, 3.05) is 6.61 Å². The molecule has 0 aliphatic carbocycles. The molecule has 1 radical (unpaired) electrons. The zero-order chi connectivity index (χ0) is 7.40. The largest absolute Gasteiger partial charge is 0.494 e. The van der Waals surface area contributed by atoms with Crippen LogP contribution in [0.2, 0.25) is 0 Å². The number of ether oxygens (including phenoxy) is 1. The Balaban J connectivity index is 2.75. The van der Waals surface area contributed by atoms with Gasteiger partial charge in [0.05, 0.1) is 6.61 Å². The van der Waals surface area contributed by atoms with Crippen molar-refractivity contribution >= 4 is 12.6 Å². The predicted octanol–water partition coefficient (Wildman–Crippen LogP) is 2.64. The van der Waals surface area contributed by atoms with E-state index in [1.54, 1.807) is 0 Å². The lowest BCUT2D eigenvalue weighted by atomic mass is 10.3. The van der Waals surface area contributed by atoms with Crippen molar-refractivity contribution in [1.29, 1.82) is 0 Å². The number of benzene rings is 1. The molecule has 0 N–H and O–H groups in total. The van der Waals surface area contributed by atoms with Crippen molar-refractivity contribution in [3.8, 4) is 5.75 Å². The van der Waals surface area contributed by atoms with E-state index in [2.05, 4.69) is 0 Å². The van der Waals surface area contributed by atoms with E-state index in [1.165, 1.54) is 0 Å². The minimum atomic E-state index is 0.693. The van der Waals surface area contributed by atoms with Crippen LogP contribution in [0.25, 0.3) is 0 Å². The van der Waals surface area contributed by atoms with Crippen LogP contribution in [0.4, 0.5) is 0 Å². The van der Waals surface area contributed by atoms with Gasteiger partial charge in [0.2, 0.25) is 0 Å². The van der Waals surface area contributed by atoms with E-state index in [0.29, 0.717) is 6.61 Å². The summed E-state index contributed by atoms with van der Waals surface area (Å²) < 4.78 is 5.22. The molecule has 0 atom stereocenters. The molecule has 0 aliphatic heterocycles. The molecular formula is C8H9OS. The summed E-state index contributed by atoms with van der Waals surface area (Å²) in [5, 5.41) is 0. The van der Waals surface area contributed by atoms with Crippen molar-refractivity contribution in [2.45, 2.75) is 11.8 Å². The Hall–Kier alpha value is -0.760. The summed E-state index contributed by atoms with van der Waals surface area (Å²) in [4.78, 5) is 0.825. The first-order chi connectivity index (χ1) is 4.83. The minimum Gasteiger partial charge on any atom is -0.494 e. The summed E-state index contributed by atoms with van der Waals surface area (Å²) in [5.74, 6) is 0.856. The van der Waals surface area contributed by atoms with Crippen LogP contribution in [0.5, 0.6) is 5.75 Å². The maximum atomic E-state index is 5.22. The van der Waals surface area contributed by atoms with E-state index in [-0.39, 0.29) is 0 Å². The highest BCUT2D eigenvalue weighted by atomic mass is 32.1. The fourth-order valence-electron chi connectivity index (χ4n) is 0.731. The Morgan fingerprint density at radius 3 is 2.90 bits per heavy atom. The van der Waals surface area contributed by atoms with Crippen LogP contribution in [-0.4, -0.2) is 6.61 Å². The lowest BCUT2D eigenvalue weighted by Gasteiger charge is -2.00. The average molecular weight is 153 g/mol. The van der Waals surface area contributed by atoms with Gasteiger partial charge in [0.15, 0.2) is 0 Å². The molecule has 0 bridgehead atoms. The van der Waals surface area contributed by atoms with Gasteiger partial charge < -0.3 is 4.74 Å². The van der Waals surface area contributed by atoms with Gasteiger partial charge in [-0.3, -0.25) is 0 Å². The molecule has 0 spiro atoms. The smallest absolute Gasteiger partial charge is 0.120 e. The second-order valence-electron chi connectivity index (χ2n) is 1.91. The minimum absolute atomic E-state index is 0.693. The monoisotopic (exact) mass is 153 g/mol. The molecule has 1 aromatic carbocycles. The molecule has 0 saturated carbocycles. The van der Waals surface area contributed by atoms with Gasteiger partial charge in [0.25, 0.3) is 0 Å². The normalized spacial score (nSPS) is 9.30. The molecule has 0 saturated heterocycles. The summed E-state index contributed by atoms with van der Waals surface area (Å²) in [7, 11) is 0. The van der Waals surface area contributed by atoms with Gasteiger partial charge >= 0.3 is 0 Å². The third-order valence-corrected chi connectivity index (χ3v) is 1.37. The molecule has 1 nitrogen and oxygen atoms in total. The Labute approximate surface area is 66.4 Å². The van der Waals surface area contributed by atoms with Gasteiger partial charge in [-0.2, -0.15) is 0 Å². The van der Waals surface area contributed by atoms with Crippen LogP contribution < -0.4 is 4.74 Å². The van der Waals surface area contributed by atoms with E-state index < -0.39 is 0 Å². The van der Waals surface area contributed by atoms with Crippen molar-refractivity contribution in [2.24, 2.45) is 0 Å². The third kappa shape index (κ3) is 1.88. The molecule has 0 fully saturated rings. The van der Waals surface area contributed by atoms with Gasteiger partial charge in [-0.1, -0.05) is 18.7 Å². The Kier molecular flexibility index (Phi) is 2.51. The first-order valence-electron chi connectivity index (χ1n) is 3.23. The lowest BCUT2D eigenvalue weighted by molar-refractivity contribution is 0.339. The number of rotatable bonds is 2. The molecule has 2 heteroatoms. The Bertz CT molecular complexity index is 210. The maximum absolute atomic E-state index is 5.22. The zero-order valence-corrected chi connectivity index (χ0v) is 6.65. The highest BCUT2D eigenvalue weighted by molar-refractivity contribution is 7.80. The Morgan fingerprint density at radius 2 is 2.30 bits per heavy atom. The summed E-state index contributed by atoms with van der Waals surface area (Å²) >= 11 is 4.93. The fraction of sp³-hybridized carbons (Fsp3) is 0.250.